The number of anilines is 1. The molecule has 1 aliphatic carbocycles. The van der Waals surface area contributed by atoms with Crippen LogP contribution in [0, 0.1) is 5.92 Å². The van der Waals surface area contributed by atoms with Gasteiger partial charge in [-0.1, -0.05) is 56.0 Å². The maximum absolute atomic E-state index is 12.7. The van der Waals surface area contributed by atoms with E-state index in [2.05, 4.69) is 5.32 Å². The first kappa shape index (κ1) is 23.0. The Morgan fingerprint density at radius 2 is 1.87 bits per heavy atom. The van der Waals surface area contributed by atoms with Gasteiger partial charge in [0.05, 0.1) is 12.2 Å². The number of nitrogens with one attached hydrogen (secondary N) is 1. The molecule has 1 aliphatic rings. The SMILES string of the molecule is CCOC(=O)c1cc(-c2ccccc2)sc1NC(=O)C(C)OC(=O)CCC1CCCC1. The Balaban J connectivity index is 1.65. The van der Waals surface area contributed by atoms with Crippen molar-refractivity contribution in [3.63, 3.8) is 0 Å². The van der Waals surface area contributed by atoms with Gasteiger partial charge in [0, 0.05) is 11.3 Å². The largest absolute Gasteiger partial charge is 0.462 e. The van der Waals surface area contributed by atoms with Gasteiger partial charge in [0.25, 0.3) is 5.91 Å². The number of carbonyl (C=O) groups excluding carboxylic acids is 3. The van der Waals surface area contributed by atoms with Crippen molar-refractivity contribution in [2.75, 3.05) is 11.9 Å². The molecule has 1 aromatic heterocycles. The van der Waals surface area contributed by atoms with Gasteiger partial charge in [-0.05, 0) is 37.8 Å². The minimum absolute atomic E-state index is 0.234. The highest BCUT2D eigenvalue weighted by atomic mass is 32.1. The van der Waals surface area contributed by atoms with Crippen molar-refractivity contribution in [1.82, 2.24) is 0 Å². The molecule has 0 bridgehead atoms. The predicted octanol–water partition coefficient (Wildman–Crippen LogP) is 5.43. The third-order valence-corrected chi connectivity index (χ3v) is 6.53. The summed E-state index contributed by atoms with van der Waals surface area (Å²) in [5, 5.41) is 3.13. The van der Waals surface area contributed by atoms with Gasteiger partial charge in [0.15, 0.2) is 6.10 Å². The molecule has 0 aliphatic heterocycles. The number of benzene rings is 1. The van der Waals surface area contributed by atoms with Crippen molar-refractivity contribution in [1.29, 1.82) is 0 Å². The summed E-state index contributed by atoms with van der Waals surface area (Å²) in [4.78, 5) is 38.0. The fourth-order valence-corrected chi connectivity index (χ4v) is 4.79. The first-order chi connectivity index (χ1) is 15.0. The molecule has 1 unspecified atom stereocenters. The summed E-state index contributed by atoms with van der Waals surface area (Å²) < 4.78 is 10.5. The summed E-state index contributed by atoms with van der Waals surface area (Å²) in [6, 6.07) is 11.3. The predicted molar refractivity (Wildman–Crippen MR) is 121 cm³/mol. The van der Waals surface area contributed by atoms with E-state index in [-0.39, 0.29) is 12.6 Å². The lowest BCUT2D eigenvalue weighted by Gasteiger charge is -2.14. The van der Waals surface area contributed by atoms with Gasteiger partial charge in [-0.25, -0.2) is 4.79 Å². The number of rotatable bonds is 9. The minimum Gasteiger partial charge on any atom is -0.462 e. The summed E-state index contributed by atoms with van der Waals surface area (Å²) in [7, 11) is 0. The van der Waals surface area contributed by atoms with Crippen molar-refractivity contribution in [3.05, 3.63) is 42.0 Å². The number of hydrogen-bond acceptors (Lipinski definition) is 6. The van der Waals surface area contributed by atoms with Crippen LogP contribution in [0.2, 0.25) is 0 Å². The van der Waals surface area contributed by atoms with Crippen molar-refractivity contribution in [3.8, 4) is 10.4 Å². The van der Waals surface area contributed by atoms with Gasteiger partial charge < -0.3 is 14.8 Å². The number of amides is 1. The highest BCUT2D eigenvalue weighted by molar-refractivity contribution is 7.20. The number of carbonyl (C=O) groups is 3. The second-order valence-electron chi connectivity index (χ2n) is 7.75. The molecule has 1 saturated carbocycles. The standard InChI is InChI=1S/C24H29NO5S/c1-3-29-24(28)19-15-20(18-11-5-4-6-12-18)31-23(19)25-22(27)16(2)30-21(26)14-13-17-9-7-8-10-17/h4-6,11-12,15-17H,3,7-10,13-14H2,1-2H3,(H,25,27). The Hall–Kier alpha value is -2.67. The van der Waals surface area contributed by atoms with Crippen LogP contribution in [0.25, 0.3) is 10.4 Å². The summed E-state index contributed by atoms with van der Waals surface area (Å²) >= 11 is 1.29. The molecule has 1 fully saturated rings. The van der Waals surface area contributed by atoms with Crippen LogP contribution in [0.3, 0.4) is 0 Å². The van der Waals surface area contributed by atoms with Gasteiger partial charge in [-0.3, -0.25) is 9.59 Å². The van der Waals surface area contributed by atoms with Crippen LogP contribution in [0.1, 0.15) is 62.7 Å². The molecule has 0 spiro atoms. The molecule has 0 saturated heterocycles. The van der Waals surface area contributed by atoms with E-state index in [1.807, 2.05) is 30.3 Å². The molecule has 1 N–H and O–H groups in total. The van der Waals surface area contributed by atoms with E-state index in [1.54, 1.807) is 19.9 Å². The molecule has 1 amide bonds. The monoisotopic (exact) mass is 443 g/mol. The van der Waals surface area contributed by atoms with E-state index in [0.717, 1.165) is 16.9 Å². The van der Waals surface area contributed by atoms with Gasteiger partial charge in [-0.15, -0.1) is 11.3 Å². The van der Waals surface area contributed by atoms with Crippen LogP contribution in [0.4, 0.5) is 5.00 Å². The van der Waals surface area contributed by atoms with Crippen LogP contribution in [0.15, 0.2) is 36.4 Å². The van der Waals surface area contributed by atoms with Gasteiger partial charge in [0.2, 0.25) is 0 Å². The summed E-state index contributed by atoms with van der Waals surface area (Å²) in [5.74, 6) is -0.749. The molecule has 31 heavy (non-hydrogen) atoms. The van der Waals surface area contributed by atoms with E-state index in [9.17, 15) is 14.4 Å². The lowest BCUT2D eigenvalue weighted by molar-refractivity contribution is -0.153. The zero-order valence-electron chi connectivity index (χ0n) is 18.0. The van der Waals surface area contributed by atoms with E-state index in [1.165, 1.54) is 37.0 Å². The van der Waals surface area contributed by atoms with Gasteiger partial charge >= 0.3 is 11.9 Å². The number of ether oxygens (including phenoxy) is 2. The molecular weight excluding hydrogens is 414 g/mol. The Morgan fingerprint density at radius 1 is 1.16 bits per heavy atom. The van der Waals surface area contributed by atoms with Crippen LogP contribution in [-0.2, 0) is 19.1 Å². The third kappa shape index (κ3) is 6.40. The molecule has 6 nitrogen and oxygen atoms in total. The zero-order valence-corrected chi connectivity index (χ0v) is 18.8. The first-order valence-corrected chi connectivity index (χ1v) is 11.7. The normalized spacial score (nSPS) is 14.8. The van der Waals surface area contributed by atoms with Crippen molar-refractivity contribution < 1.29 is 23.9 Å². The Kier molecular flexibility index (Phi) is 8.23. The summed E-state index contributed by atoms with van der Waals surface area (Å²) in [5.41, 5.74) is 1.23. The van der Waals surface area contributed by atoms with E-state index >= 15 is 0 Å². The Bertz CT molecular complexity index is 902. The topological polar surface area (TPSA) is 81.7 Å². The number of hydrogen-bond donors (Lipinski definition) is 1. The molecule has 7 heteroatoms. The number of thiophene rings is 1. The second-order valence-corrected chi connectivity index (χ2v) is 8.80. The maximum Gasteiger partial charge on any atom is 0.341 e. The van der Waals surface area contributed by atoms with E-state index < -0.39 is 18.0 Å². The molecule has 3 rings (SSSR count). The first-order valence-electron chi connectivity index (χ1n) is 10.8. The highest BCUT2D eigenvalue weighted by Crippen LogP contribution is 2.36. The van der Waals surface area contributed by atoms with E-state index in [0.29, 0.717) is 22.9 Å². The third-order valence-electron chi connectivity index (χ3n) is 5.43. The zero-order chi connectivity index (χ0) is 22.2. The van der Waals surface area contributed by atoms with Crippen LogP contribution >= 0.6 is 11.3 Å². The van der Waals surface area contributed by atoms with Crippen molar-refractivity contribution in [2.24, 2.45) is 5.92 Å². The Labute approximate surface area is 186 Å². The molecular formula is C24H29NO5S. The average Bonchev–Trinajstić information content (AvgIpc) is 3.43. The van der Waals surface area contributed by atoms with E-state index in [4.69, 9.17) is 9.47 Å². The summed E-state index contributed by atoms with van der Waals surface area (Å²) in [6.07, 6.45) is 4.98. The van der Waals surface area contributed by atoms with Crippen LogP contribution in [-0.4, -0.2) is 30.6 Å². The van der Waals surface area contributed by atoms with Crippen molar-refractivity contribution >= 4 is 34.2 Å². The van der Waals surface area contributed by atoms with Crippen LogP contribution < -0.4 is 5.32 Å². The minimum atomic E-state index is -0.951. The summed E-state index contributed by atoms with van der Waals surface area (Å²) in [6.45, 7) is 3.50. The molecule has 1 heterocycles. The molecule has 0 radical (unpaired) electrons. The highest BCUT2D eigenvalue weighted by Gasteiger charge is 2.24. The van der Waals surface area contributed by atoms with Gasteiger partial charge in [0.1, 0.15) is 5.00 Å². The fraction of sp³-hybridized carbons (Fsp3) is 0.458. The van der Waals surface area contributed by atoms with Crippen molar-refractivity contribution in [2.45, 2.75) is 58.5 Å². The lowest BCUT2D eigenvalue weighted by atomic mass is 10.0. The molecule has 1 aromatic carbocycles. The second kappa shape index (κ2) is 11.1. The lowest BCUT2D eigenvalue weighted by Crippen LogP contribution is -2.30. The smallest absolute Gasteiger partial charge is 0.341 e. The molecule has 166 valence electrons. The maximum atomic E-state index is 12.7. The molecule has 1 atom stereocenters. The number of esters is 2. The quantitative estimate of drug-likeness (QED) is 0.523. The van der Waals surface area contributed by atoms with Crippen LogP contribution in [0.5, 0.6) is 0 Å². The molecule has 2 aromatic rings. The fourth-order valence-electron chi connectivity index (χ4n) is 3.73. The average molecular weight is 444 g/mol. The van der Waals surface area contributed by atoms with Gasteiger partial charge in [-0.2, -0.15) is 0 Å². The Morgan fingerprint density at radius 3 is 2.55 bits per heavy atom.